The molecule has 2 heteroatoms. The van der Waals surface area contributed by atoms with Crippen LogP contribution in [0.1, 0.15) is 43.7 Å². The molecule has 1 aliphatic heterocycles. The van der Waals surface area contributed by atoms with E-state index in [9.17, 15) is 0 Å². The summed E-state index contributed by atoms with van der Waals surface area (Å²) >= 11 is 0. The molecule has 0 bridgehead atoms. The molecule has 0 spiro atoms. The molecule has 0 aliphatic carbocycles. The van der Waals surface area contributed by atoms with E-state index < -0.39 is 0 Å². The van der Waals surface area contributed by atoms with Crippen molar-refractivity contribution in [2.75, 3.05) is 13.1 Å². The highest BCUT2D eigenvalue weighted by Gasteiger charge is 2.16. The Bertz CT molecular complexity index is 589. The van der Waals surface area contributed by atoms with E-state index in [1.54, 1.807) is 0 Å². The van der Waals surface area contributed by atoms with Gasteiger partial charge in [0.15, 0.2) is 0 Å². The molecule has 0 unspecified atom stereocenters. The average molecular weight is 270 g/mol. The molecule has 2 nitrogen and oxygen atoms in total. The maximum atomic E-state index is 3.46. The topological polar surface area (TPSA) is 17.0 Å². The van der Waals surface area contributed by atoms with Crippen molar-refractivity contribution in [3.8, 4) is 0 Å². The number of aryl methyl sites for hydroxylation is 1. The van der Waals surface area contributed by atoms with Crippen LogP contribution in [-0.4, -0.2) is 17.7 Å². The minimum atomic E-state index is 0.603. The van der Waals surface area contributed by atoms with E-state index in [1.807, 2.05) is 0 Å². The van der Waals surface area contributed by atoms with Gasteiger partial charge in [0.05, 0.1) is 0 Å². The fourth-order valence-electron chi connectivity index (χ4n) is 3.41. The van der Waals surface area contributed by atoms with Gasteiger partial charge in [0.25, 0.3) is 0 Å². The molecule has 1 N–H and O–H groups in total. The Labute approximate surface area is 122 Å². The van der Waals surface area contributed by atoms with Crippen LogP contribution in [-0.2, 0) is 13.5 Å². The van der Waals surface area contributed by atoms with Crippen LogP contribution in [0.5, 0.6) is 0 Å². The fraction of sp³-hybridized carbons (Fsp3) is 0.556. The van der Waals surface area contributed by atoms with Gasteiger partial charge in [-0.2, -0.15) is 0 Å². The minimum absolute atomic E-state index is 0.603. The van der Waals surface area contributed by atoms with Crippen molar-refractivity contribution in [2.45, 2.75) is 39.0 Å². The van der Waals surface area contributed by atoms with E-state index in [0.717, 1.165) is 5.92 Å². The quantitative estimate of drug-likeness (QED) is 0.896. The highest BCUT2D eigenvalue weighted by Crippen LogP contribution is 2.28. The van der Waals surface area contributed by atoms with Crippen molar-refractivity contribution in [2.24, 2.45) is 13.0 Å². The first kappa shape index (κ1) is 13.7. The summed E-state index contributed by atoms with van der Waals surface area (Å²) < 4.78 is 2.29. The highest BCUT2D eigenvalue weighted by atomic mass is 14.9. The second-order valence-corrected chi connectivity index (χ2v) is 6.59. The maximum Gasteiger partial charge on any atom is 0.0480 e. The molecule has 1 saturated heterocycles. The molecule has 3 rings (SSSR count). The Morgan fingerprint density at radius 2 is 2.00 bits per heavy atom. The van der Waals surface area contributed by atoms with Gasteiger partial charge in [0, 0.05) is 24.1 Å². The van der Waals surface area contributed by atoms with Gasteiger partial charge < -0.3 is 9.88 Å². The Morgan fingerprint density at radius 3 is 2.70 bits per heavy atom. The van der Waals surface area contributed by atoms with Crippen molar-refractivity contribution in [1.82, 2.24) is 9.88 Å². The molecule has 0 saturated carbocycles. The standard InChI is InChI=1S/C18H26N2/c1-13(2)15-4-5-18-17(11-15)16(12-20(18)3)10-14-6-8-19-9-7-14/h4-5,11-14,19H,6-10H2,1-3H3. The van der Waals surface area contributed by atoms with E-state index in [-0.39, 0.29) is 0 Å². The molecule has 2 aromatic rings. The Kier molecular flexibility index (Phi) is 3.84. The lowest BCUT2D eigenvalue weighted by Crippen LogP contribution is -2.28. The molecule has 0 atom stereocenters. The van der Waals surface area contributed by atoms with Crippen molar-refractivity contribution in [1.29, 1.82) is 0 Å². The van der Waals surface area contributed by atoms with Crippen molar-refractivity contribution in [3.63, 3.8) is 0 Å². The molecular formula is C18H26N2. The Morgan fingerprint density at radius 1 is 1.25 bits per heavy atom. The van der Waals surface area contributed by atoms with Crippen LogP contribution >= 0.6 is 0 Å². The predicted octanol–water partition coefficient (Wildman–Crippen LogP) is 3.84. The third-order valence-electron chi connectivity index (χ3n) is 4.73. The van der Waals surface area contributed by atoms with Gasteiger partial charge in [-0.15, -0.1) is 0 Å². The summed E-state index contributed by atoms with van der Waals surface area (Å²) in [5.74, 6) is 1.45. The lowest BCUT2D eigenvalue weighted by molar-refractivity contribution is 0.373. The van der Waals surface area contributed by atoms with Gasteiger partial charge in [0.1, 0.15) is 0 Å². The van der Waals surface area contributed by atoms with E-state index >= 15 is 0 Å². The predicted molar refractivity (Wildman–Crippen MR) is 86.3 cm³/mol. The molecule has 0 amide bonds. The van der Waals surface area contributed by atoms with Gasteiger partial charge in [-0.3, -0.25) is 0 Å². The van der Waals surface area contributed by atoms with E-state index in [4.69, 9.17) is 0 Å². The van der Waals surface area contributed by atoms with Gasteiger partial charge in [-0.25, -0.2) is 0 Å². The zero-order valence-electron chi connectivity index (χ0n) is 12.9. The summed E-state index contributed by atoms with van der Waals surface area (Å²) in [6.45, 7) is 6.92. The number of nitrogens with one attached hydrogen (secondary N) is 1. The van der Waals surface area contributed by atoms with Crippen LogP contribution in [0.15, 0.2) is 24.4 Å². The summed E-state index contributed by atoms with van der Waals surface area (Å²) in [4.78, 5) is 0. The summed E-state index contributed by atoms with van der Waals surface area (Å²) in [7, 11) is 2.17. The number of rotatable bonds is 3. The minimum Gasteiger partial charge on any atom is -0.350 e. The molecule has 1 fully saturated rings. The molecule has 108 valence electrons. The van der Waals surface area contributed by atoms with Crippen LogP contribution in [0.3, 0.4) is 0 Å². The first-order chi connectivity index (χ1) is 9.65. The number of nitrogens with zero attached hydrogens (tertiary/aromatic N) is 1. The third-order valence-corrected chi connectivity index (χ3v) is 4.73. The second kappa shape index (κ2) is 5.61. The summed E-state index contributed by atoms with van der Waals surface area (Å²) in [6.07, 6.45) is 6.22. The van der Waals surface area contributed by atoms with Crippen LogP contribution in [0.25, 0.3) is 10.9 Å². The van der Waals surface area contributed by atoms with E-state index in [2.05, 4.69) is 55.2 Å². The maximum absolute atomic E-state index is 3.46. The zero-order chi connectivity index (χ0) is 14.1. The highest BCUT2D eigenvalue weighted by molar-refractivity contribution is 5.84. The molecule has 0 radical (unpaired) electrons. The number of piperidine rings is 1. The lowest BCUT2D eigenvalue weighted by Gasteiger charge is -2.22. The largest absolute Gasteiger partial charge is 0.350 e. The fourth-order valence-corrected chi connectivity index (χ4v) is 3.41. The van der Waals surface area contributed by atoms with Crippen LogP contribution in [0.2, 0.25) is 0 Å². The number of hydrogen-bond donors (Lipinski definition) is 1. The summed E-state index contributed by atoms with van der Waals surface area (Å²) in [5.41, 5.74) is 4.37. The van der Waals surface area contributed by atoms with Gasteiger partial charge in [0.2, 0.25) is 0 Å². The smallest absolute Gasteiger partial charge is 0.0480 e. The van der Waals surface area contributed by atoms with Gasteiger partial charge in [-0.1, -0.05) is 19.9 Å². The monoisotopic (exact) mass is 270 g/mol. The summed E-state index contributed by atoms with van der Waals surface area (Å²) in [6, 6.07) is 6.98. The SMILES string of the molecule is CC(C)c1ccc2c(c1)c(CC1CCNCC1)cn2C. The molecule has 1 aliphatic rings. The molecule has 1 aromatic heterocycles. The number of hydrogen-bond acceptors (Lipinski definition) is 1. The van der Waals surface area contributed by atoms with Gasteiger partial charge in [-0.05, 0) is 67.4 Å². The molecule has 2 heterocycles. The summed E-state index contributed by atoms with van der Waals surface area (Å²) in [5, 5.41) is 4.93. The molecule has 1 aromatic carbocycles. The van der Waals surface area contributed by atoms with Crippen LogP contribution < -0.4 is 5.32 Å². The van der Waals surface area contributed by atoms with Crippen LogP contribution in [0, 0.1) is 5.92 Å². The second-order valence-electron chi connectivity index (χ2n) is 6.59. The lowest BCUT2D eigenvalue weighted by atomic mass is 9.90. The number of fused-ring (bicyclic) bond motifs is 1. The number of aromatic nitrogens is 1. The van der Waals surface area contributed by atoms with E-state index in [0.29, 0.717) is 5.92 Å². The number of benzene rings is 1. The van der Waals surface area contributed by atoms with E-state index in [1.165, 1.54) is 54.4 Å². The van der Waals surface area contributed by atoms with Crippen molar-refractivity contribution >= 4 is 10.9 Å². The van der Waals surface area contributed by atoms with Crippen LogP contribution in [0.4, 0.5) is 0 Å². The molecule has 20 heavy (non-hydrogen) atoms. The first-order valence-corrected chi connectivity index (χ1v) is 7.93. The van der Waals surface area contributed by atoms with Gasteiger partial charge >= 0.3 is 0 Å². The van der Waals surface area contributed by atoms with Crippen molar-refractivity contribution in [3.05, 3.63) is 35.5 Å². The molecular weight excluding hydrogens is 244 g/mol. The zero-order valence-corrected chi connectivity index (χ0v) is 12.9. The third kappa shape index (κ3) is 2.62. The average Bonchev–Trinajstić information content (AvgIpc) is 2.76. The van der Waals surface area contributed by atoms with Crippen molar-refractivity contribution < 1.29 is 0 Å². The normalized spacial score (nSPS) is 17.2. The first-order valence-electron chi connectivity index (χ1n) is 7.93. The Balaban J connectivity index is 1.94. The Hall–Kier alpha value is -1.28.